The van der Waals surface area contributed by atoms with Gasteiger partial charge in [-0.15, -0.1) is 11.3 Å². The maximum absolute atomic E-state index is 11.9. The number of nitrogens with zero attached hydrogens (tertiary/aromatic N) is 2. The molecule has 2 rings (SSSR count). The highest BCUT2D eigenvalue weighted by molar-refractivity contribution is 7.09. The first-order chi connectivity index (χ1) is 9.06. The lowest BCUT2D eigenvalue weighted by Gasteiger charge is -2.06. The number of hydrogen-bond acceptors (Lipinski definition) is 4. The molecule has 2 heterocycles. The number of nitrogens with one attached hydrogen (secondary N) is 1. The zero-order chi connectivity index (χ0) is 13.8. The van der Waals surface area contributed by atoms with E-state index in [1.807, 2.05) is 12.3 Å². The lowest BCUT2D eigenvalue weighted by Crippen LogP contribution is -2.26. The SMILES string of the molecule is Cc1csc(CNC(=O)c2cccn2CC(=O)O)n1. The standard InChI is InChI=1S/C12H13N3O3S/c1-8-7-19-10(14-8)5-13-12(18)9-3-2-4-15(9)6-11(16)17/h2-4,7H,5-6H2,1H3,(H,13,18)(H,16,17). The number of carboxylic acid groups (broad SMARTS) is 1. The van der Waals surface area contributed by atoms with Crippen molar-refractivity contribution in [2.75, 3.05) is 0 Å². The van der Waals surface area contributed by atoms with E-state index in [-0.39, 0.29) is 12.5 Å². The van der Waals surface area contributed by atoms with Gasteiger partial charge in [-0.2, -0.15) is 0 Å². The molecule has 0 aliphatic heterocycles. The minimum absolute atomic E-state index is 0.230. The van der Waals surface area contributed by atoms with Crippen LogP contribution in [0.4, 0.5) is 0 Å². The smallest absolute Gasteiger partial charge is 0.323 e. The first-order valence-corrected chi connectivity index (χ1v) is 6.50. The van der Waals surface area contributed by atoms with Gasteiger partial charge in [-0.25, -0.2) is 4.98 Å². The number of aryl methyl sites for hydroxylation is 1. The van der Waals surface area contributed by atoms with Gasteiger partial charge in [-0.1, -0.05) is 0 Å². The number of carbonyl (C=O) groups is 2. The summed E-state index contributed by atoms with van der Waals surface area (Å²) >= 11 is 1.48. The van der Waals surface area contributed by atoms with Crippen LogP contribution in [0.2, 0.25) is 0 Å². The third-order valence-electron chi connectivity index (χ3n) is 2.43. The lowest BCUT2D eigenvalue weighted by molar-refractivity contribution is -0.137. The molecule has 0 bridgehead atoms. The molecule has 0 atom stereocenters. The molecule has 2 aromatic rings. The molecule has 1 amide bonds. The summed E-state index contributed by atoms with van der Waals surface area (Å²) in [6, 6.07) is 3.23. The summed E-state index contributed by atoms with van der Waals surface area (Å²) in [7, 11) is 0. The van der Waals surface area contributed by atoms with Gasteiger partial charge >= 0.3 is 5.97 Å². The second kappa shape index (κ2) is 5.66. The molecule has 0 fully saturated rings. The first kappa shape index (κ1) is 13.3. The van der Waals surface area contributed by atoms with Gasteiger partial charge in [0.2, 0.25) is 0 Å². The third-order valence-corrected chi connectivity index (χ3v) is 3.40. The fraction of sp³-hybridized carbons (Fsp3) is 0.250. The molecule has 0 unspecified atom stereocenters. The molecule has 2 aromatic heterocycles. The van der Waals surface area contributed by atoms with Gasteiger partial charge in [0.05, 0.1) is 6.54 Å². The molecule has 0 aliphatic rings. The van der Waals surface area contributed by atoms with Crippen LogP contribution in [0.5, 0.6) is 0 Å². The Hall–Kier alpha value is -2.15. The van der Waals surface area contributed by atoms with Crippen LogP contribution in [0.15, 0.2) is 23.7 Å². The highest BCUT2D eigenvalue weighted by atomic mass is 32.1. The Kier molecular flexibility index (Phi) is 3.96. The van der Waals surface area contributed by atoms with E-state index in [4.69, 9.17) is 5.11 Å². The average Bonchev–Trinajstić information content (AvgIpc) is 2.94. The molecule has 7 heteroatoms. The minimum Gasteiger partial charge on any atom is -0.480 e. The molecule has 0 spiro atoms. The summed E-state index contributed by atoms with van der Waals surface area (Å²) in [5, 5.41) is 14.2. The van der Waals surface area contributed by atoms with Crippen LogP contribution in [0.3, 0.4) is 0 Å². The van der Waals surface area contributed by atoms with Gasteiger partial charge in [0, 0.05) is 17.3 Å². The number of rotatable bonds is 5. The van der Waals surface area contributed by atoms with Gasteiger partial charge in [0.25, 0.3) is 5.91 Å². The molecule has 100 valence electrons. The van der Waals surface area contributed by atoms with E-state index in [9.17, 15) is 9.59 Å². The predicted molar refractivity (Wildman–Crippen MR) is 70.1 cm³/mol. The average molecular weight is 279 g/mol. The van der Waals surface area contributed by atoms with Gasteiger partial charge in [0.15, 0.2) is 0 Å². The van der Waals surface area contributed by atoms with Gasteiger partial charge in [-0.05, 0) is 19.1 Å². The fourth-order valence-corrected chi connectivity index (χ4v) is 2.35. The fourth-order valence-electron chi connectivity index (χ4n) is 1.63. The number of carboxylic acids is 1. The summed E-state index contributed by atoms with van der Waals surface area (Å²) in [5.74, 6) is -1.29. The zero-order valence-corrected chi connectivity index (χ0v) is 11.1. The van der Waals surface area contributed by atoms with E-state index in [1.54, 1.807) is 18.3 Å². The van der Waals surface area contributed by atoms with Crippen LogP contribution in [0.1, 0.15) is 21.2 Å². The number of aliphatic carboxylic acids is 1. The van der Waals surface area contributed by atoms with Crippen LogP contribution >= 0.6 is 11.3 Å². The molecule has 0 saturated carbocycles. The molecular formula is C12H13N3O3S. The van der Waals surface area contributed by atoms with E-state index in [0.717, 1.165) is 10.7 Å². The summed E-state index contributed by atoms with van der Waals surface area (Å²) in [6.45, 7) is 2.00. The number of carbonyl (C=O) groups excluding carboxylic acids is 1. The highest BCUT2D eigenvalue weighted by Gasteiger charge is 2.12. The van der Waals surface area contributed by atoms with Crippen molar-refractivity contribution in [2.45, 2.75) is 20.0 Å². The lowest BCUT2D eigenvalue weighted by atomic mass is 10.4. The molecule has 0 aliphatic carbocycles. The summed E-state index contributed by atoms with van der Waals surface area (Å²) < 4.78 is 1.39. The van der Waals surface area contributed by atoms with Crippen molar-refractivity contribution in [3.63, 3.8) is 0 Å². The van der Waals surface area contributed by atoms with Crippen LogP contribution in [0, 0.1) is 6.92 Å². The van der Waals surface area contributed by atoms with E-state index in [1.165, 1.54) is 15.9 Å². The summed E-state index contributed by atoms with van der Waals surface area (Å²) in [5.41, 5.74) is 1.25. The predicted octanol–water partition coefficient (Wildman–Crippen LogP) is 1.27. The Morgan fingerprint density at radius 1 is 1.53 bits per heavy atom. The van der Waals surface area contributed by atoms with Crippen LogP contribution < -0.4 is 5.32 Å². The molecule has 0 saturated heterocycles. The first-order valence-electron chi connectivity index (χ1n) is 5.62. The van der Waals surface area contributed by atoms with Gasteiger partial charge in [0.1, 0.15) is 17.2 Å². The number of thiazole rings is 1. The quantitative estimate of drug-likeness (QED) is 0.863. The maximum atomic E-state index is 11.9. The van der Waals surface area contributed by atoms with E-state index in [2.05, 4.69) is 10.3 Å². The van der Waals surface area contributed by atoms with Gasteiger partial charge < -0.3 is 15.0 Å². The maximum Gasteiger partial charge on any atom is 0.323 e. The zero-order valence-electron chi connectivity index (χ0n) is 10.3. The third kappa shape index (κ3) is 3.41. The van der Waals surface area contributed by atoms with Crippen molar-refractivity contribution in [2.24, 2.45) is 0 Å². The van der Waals surface area contributed by atoms with Crippen molar-refractivity contribution >= 4 is 23.2 Å². The number of amides is 1. The summed E-state index contributed by atoms with van der Waals surface area (Å²) in [6.07, 6.45) is 1.57. The number of aromatic nitrogens is 2. The van der Waals surface area contributed by atoms with Crippen molar-refractivity contribution < 1.29 is 14.7 Å². The van der Waals surface area contributed by atoms with Crippen molar-refractivity contribution in [3.8, 4) is 0 Å². The molecule has 6 nitrogen and oxygen atoms in total. The van der Waals surface area contributed by atoms with Crippen molar-refractivity contribution in [3.05, 3.63) is 40.1 Å². The van der Waals surface area contributed by atoms with E-state index >= 15 is 0 Å². The largest absolute Gasteiger partial charge is 0.480 e. The Labute approximate surface area is 113 Å². The Bertz CT molecular complexity index is 603. The molecule has 0 aromatic carbocycles. The molecular weight excluding hydrogens is 266 g/mol. The van der Waals surface area contributed by atoms with Crippen molar-refractivity contribution in [1.29, 1.82) is 0 Å². The van der Waals surface area contributed by atoms with Crippen molar-refractivity contribution in [1.82, 2.24) is 14.9 Å². The topological polar surface area (TPSA) is 84.2 Å². The second-order valence-corrected chi connectivity index (χ2v) is 4.92. The number of hydrogen-bond donors (Lipinski definition) is 2. The van der Waals surface area contributed by atoms with Gasteiger partial charge in [-0.3, -0.25) is 9.59 Å². The van der Waals surface area contributed by atoms with Crippen LogP contribution in [-0.2, 0) is 17.9 Å². The molecule has 19 heavy (non-hydrogen) atoms. The Morgan fingerprint density at radius 2 is 2.32 bits per heavy atom. The minimum atomic E-state index is -0.985. The summed E-state index contributed by atoms with van der Waals surface area (Å²) in [4.78, 5) is 26.8. The monoisotopic (exact) mass is 279 g/mol. The normalized spacial score (nSPS) is 10.4. The molecule has 0 radical (unpaired) electrons. The molecule has 2 N–H and O–H groups in total. The Balaban J connectivity index is 2.00. The van der Waals surface area contributed by atoms with Crippen LogP contribution in [0.25, 0.3) is 0 Å². The van der Waals surface area contributed by atoms with E-state index < -0.39 is 5.97 Å². The van der Waals surface area contributed by atoms with E-state index in [0.29, 0.717) is 12.2 Å². The van der Waals surface area contributed by atoms with Crippen LogP contribution in [-0.4, -0.2) is 26.5 Å². The Morgan fingerprint density at radius 3 is 2.95 bits per heavy atom. The second-order valence-electron chi connectivity index (χ2n) is 3.98. The highest BCUT2D eigenvalue weighted by Crippen LogP contribution is 2.09.